The summed E-state index contributed by atoms with van der Waals surface area (Å²) in [6.45, 7) is 3.77. The van der Waals surface area contributed by atoms with Gasteiger partial charge in [-0.2, -0.15) is 0 Å². The summed E-state index contributed by atoms with van der Waals surface area (Å²) < 4.78 is 50.5. The van der Waals surface area contributed by atoms with E-state index in [2.05, 4.69) is 11.6 Å². The van der Waals surface area contributed by atoms with Crippen LogP contribution in [0.2, 0.25) is 0 Å². The van der Waals surface area contributed by atoms with E-state index in [1.165, 1.54) is 6.26 Å². The Balaban J connectivity index is 1.98. The van der Waals surface area contributed by atoms with Crippen LogP contribution in [0.4, 0.5) is 0 Å². The van der Waals surface area contributed by atoms with E-state index in [0.717, 1.165) is 19.4 Å². The molecule has 1 N–H and O–H groups in total. The molecular weight excluding hydrogens is 348 g/mol. The van der Waals surface area contributed by atoms with Crippen LogP contribution in [-0.2, 0) is 19.9 Å². The van der Waals surface area contributed by atoms with Gasteiger partial charge >= 0.3 is 0 Å². The number of nitrogens with zero attached hydrogens (tertiary/aromatic N) is 1. The van der Waals surface area contributed by atoms with E-state index in [9.17, 15) is 16.8 Å². The highest BCUT2D eigenvalue weighted by atomic mass is 32.2. The molecule has 1 heterocycles. The van der Waals surface area contributed by atoms with Crippen LogP contribution in [0, 0.1) is 5.92 Å². The van der Waals surface area contributed by atoms with Crippen LogP contribution in [0.25, 0.3) is 0 Å². The molecule has 0 amide bonds. The van der Waals surface area contributed by atoms with Gasteiger partial charge in [-0.25, -0.2) is 21.6 Å². The molecule has 1 aliphatic rings. The average Bonchev–Trinajstić information content (AvgIpc) is 2.87. The van der Waals surface area contributed by atoms with Crippen molar-refractivity contribution >= 4 is 19.9 Å². The van der Waals surface area contributed by atoms with Gasteiger partial charge in [0.05, 0.1) is 16.9 Å². The molecule has 2 atom stereocenters. The standard InChI is InChI=1S/C16H26N2O4S2/c1-3-7-14-12-18(13-16(14)17-23(2,19)20)10-11-24(21,22)15-8-5-4-6-9-15/h4-6,8-9,14,16-17H,3,7,10-13H2,1-2H3/t14-,16-/m1/s1. The predicted molar refractivity (Wildman–Crippen MR) is 95.1 cm³/mol. The molecule has 0 radical (unpaired) electrons. The Morgan fingerprint density at radius 1 is 1.12 bits per heavy atom. The van der Waals surface area contributed by atoms with Crippen molar-refractivity contribution in [3.8, 4) is 0 Å². The first-order chi connectivity index (χ1) is 11.2. The van der Waals surface area contributed by atoms with Crippen molar-refractivity contribution < 1.29 is 16.8 Å². The highest BCUT2D eigenvalue weighted by Gasteiger charge is 2.34. The molecule has 1 aromatic rings. The molecule has 6 nitrogen and oxygen atoms in total. The molecule has 0 aromatic heterocycles. The molecular formula is C16H26N2O4S2. The number of likely N-dealkylation sites (tertiary alicyclic amines) is 1. The fourth-order valence-electron chi connectivity index (χ4n) is 3.21. The second kappa shape index (κ2) is 7.95. The lowest BCUT2D eigenvalue weighted by Gasteiger charge is -2.17. The molecule has 136 valence electrons. The van der Waals surface area contributed by atoms with Crippen LogP contribution in [0.5, 0.6) is 0 Å². The minimum Gasteiger partial charge on any atom is -0.300 e. The van der Waals surface area contributed by atoms with Gasteiger partial charge in [0.25, 0.3) is 0 Å². The molecule has 1 fully saturated rings. The maximum absolute atomic E-state index is 12.4. The second-order valence-corrected chi connectivity index (χ2v) is 10.3. The lowest BCUT2D eigenvalue weighted by Crippen LogP contribution is -2.40. The van der Waals surface area contributed by atoms with E-state index in [-0.39, 0.29) is 17.7 Å². The average molecular weight is 375 g/mol. The fourth-order valence-corrected chi connectivity index (χ4v) is 5.33. The van der Waals surface area contributed by atoms with Crippen molar-refractivity contribution in [3.05, 3.63) is 30.3 Å². The lowest BCUT2D eigenvalue weighted by atomic mass is 9.99. The molecule has 0 aliphatic carbocycles. The molecule has 1 aromatic carbocycles. The Hall–Kier alpha value is -0.960. The van der Waals surface area contributed by atoms with Gasteiger partial charge in [0.2, 0.25) is 10.0 Å². The lowest BCUT2D eigenvalue weighted by molar-refractivity contribution is 0.337. The maximum Gasteiger partial charge on any atom is 0.209 e. The molecule has 2 rings (SSSR count). The zero-order chi connectivity index (χ0) is 17.8. The van der Waals surface area contributed by atoms with Gasteiger partial charge in [0, 0.05) is 25.7 Å². The van der Waals surface area contributed by atoms with E-state index in [1.807, 2.05) is 4.90 Å². The Morgan fingerprint density at radius 3 is 2.38 bits per heavy atom. The molecule has 1 aliphatic heterocycles. The number of sulfonamides is 1. The topological polar surface area (TPSA) is 83.6 Å². The van der Waals surface area contributed by atoms with E-state index < -0.39 is 19.9 Å². The summed E-state index contributed by atoms with van der Waals surface area (Å²) in [5.41, 5.74) is 0. The van der Waals surface area contributed by atoms with Gasteiger partial charge in [-0.05, 0) is 24.5 Å². The number of sulfone groups is 1. The molecule has 0 saturated carbocycles. The smallest absolute Gasteiger partial charge is 0.209 e. The Morgan fingerprint density at radius 2 is 1.79 bits per heavy atom. The van der Waals surface area contributed by atoms with E-state index in [1.54, 1.807) is 30.3 Å². The Bertz CT molecular complexity index is 733. The van der Waals surface area contributed by atoms with Crippen LogP contribution in [0.15, 0.2) is 35.2 Å². The van der Waals surface area contributed by atoms with Gasteiger partial charge in [-0.3, -0.25) is 0 Å². The Labute approximate surface area is 145 Å². The molecule has 1 saturated heterocycles. The van der Waals surface area contributed by atoms with Crippen molar-refractivity contribution in [1.29, 1.82) is 0 Å². The highest BCUT2D eigenvalue weighted by molar-refractivity contribution is 7.91. The largest absolute Gasteiger partial charge is 0.300 e. The van der Waals surface area contributed by atoms with E-state index >= 15 is 0 Å². The summed E-state index contributed by atoms with van der Waals surface area (Å²) in [7, 11) is -6.57. The first-order valence-electron chi connectivity index (χ1n) is 8.19. The predicted octanol–water partition coefficient (Wildman–Crippen LogP) is 1.11. The van der Waals surface area contributed by atoms with Crippen LogP contribution in [-0.4, -0.2) is 59.4 Å². The maximum atomic E-state index is 12.4. The Kier molecular flexibility index (Phi) is 6.41. The number of rotatable bonds is 8. The number of nitrogens with one attached hydrogen (secondary N) is 1. The monoisotopic (exact) mass is 374 g/mol. The summed E-state index contributed by atoms with van der Waals surface area (Å²) in [5.74, 6) is 0.269. The van der Waals surface area contributed by atoms with Crippen LogP contribution in [0.3, 0.4) is 0 Å². The van der Waals surface area contributed by atoms with Crippen LogP contribution < -0.4 is 4.72 Å². The van der Waals surface area contributed by atoms with E-state index in [4.69, 9.17) is 0 Å². The quantitative estimate of drug-likeness (QED) is 0.737. The number of hydrogen-bond acceptors (Lipinski definition) is 5. The second-order valence-electron chi connectivity index (χ2n) is 6.44. The van der Waals surface area contributed by atoms with Gasteiger partial charge < -0.3 is 4.90 Å². The summed E-state index contributed by atoms with van der Waals surface area (Å²) in [5, 5.41) is 0. The molecule has 0 spiro atoms. The number of hydrogen-bond donors (Lipinski definition) is 1. The summed E-state index contributed by atoms with van der Waals surface area (Å²) in [6.07, 6.45) is 3.07. The van der Waals surface area contributed by atoms with Crippen molar-refractivity contribution in [2.24, 2.45) is 5.92 Å². The molecule has 0 bridgehead atoms. The van der Waals surface area contributed by atoms with Crippen molar-refractivity contribution in [1.82, 2.24) is 9.62 Å². The molecule has 0 unspecified atom stereocenters. The van der Waals surface area contributed by atoms with Gasteiger partial charge in [0.1, 0.15) is 0 Å². The van der Waals surface area contributed by atoms with Crippen LogP contribution >= 0.6 is 0 Å². The van der Waals surface area contributed by atoms with Gasteiger partial charge in [0.15, 0.2) is 9.84 Å². The van der Waals surface area contributed by atoms with Crippen LogP contribution in [0.1, 0.15) is 19.8 Å². The normalized spacial score (nSPS) is 22.8. The summed E-state index contributed by atoms with van der Waals surface area (Å²) >= 11 is 0. The third-order valence-electron chi connectivity index (χ3n) is 4.32. The van der Waals surface area contributed by atoms with Crippen molar-refractivity contribution in [3.63, 3.8) is 0 Å². The fraction of sp³-hybridized carbons (Fsp3) is 0.625. The first-order valence-corrected chi connectivity index (χ1v) is 11.7. The van der Waals surface area contributed by atoms with Gasteiger partial charge in [-0.1, -0.05) is 31.5 Å². The van der Waals surface area contributed by atoms with Crippen molar-refractivity contribution in [2.75, 3.05) is 31.6 Å². The minimum absolute atomic E-state index is 0.0431. The molecule has 8 heteroatoms. The SMILES string of the molecule is CCC[C@@H]1CN(CCS(=O)(=O)c2ccccc2)C[C@H]1NS(C)(=O)=O. The minimum atomic E-state index is -3.31. The first kappa shape index (κ1) is 19.4. The summed E-state index contributed by atoms with van der Waals surface area (Å²) in [4.78, 5) is 2.38. The molecule has 24 heavy (non-hydrogen) atoms. The summed E-state index contributed by atoms with van der Waals surface area (Å²) in [6, 6.07) is 8.29. The third kappa shape index (κ3) is 5.54. The third-order valence-corrected chi connectivity index (χ3v) is 6.76. The zero-order valence-electron chi connectivity index (χ0n) is 14.2. The van der Waals surface area contributed by atoms with E-state index in [0.29, 0.717) is 18.0 Å². The van der Waals surface area contributed by atoms with Crippen molar-refractivity contribution in [2.45, 2.75) is 30.7 Å². The number of benzene rings is 1. The highest BCUT2D eigenvalue weighted by Crippen LogP contribution is 2.22. The zero-order valence-corrected chi connectivity index (χ0v) is 15.8. The van der Waals surface area contributed by atoms with Gasteiger partial charge in [-0.15, -0.1) is 0 Å².